The lowest BCUT2D eigenvalue weighted by atomic mass is 9.99. The van der Waals surface area contributed by atoms with Crippen LogP contribution < -0.4 is 10.5 Å². The van der Waals surface area contributed by atoms with Crippen LogP contribution in [0.25, 0.3) is 0 Å². The Bertz CT molecular complexity index is 351. The summed E-state index contributed by atoms with van der Waals surface area (Å²) < 4.78 is 5.17. The molecule has 82 valence electrons. The Labute approximate surface area is 89.9 Å². The number of aryl methyl sites for hydroxylation is 1. The first-order valence-electron chi connectivity index (χ1n) is 5.33. The van der Waals surface area contributed by atoms with Crippen molar-refractivity contribution in [2.24, 2.45) is 5.73 Å². The van der Waals surface area contributed by atoms with Crippen LogP contribution in [0.15, 0.2) is 18.2 Å². The number of methoxy groups -OCH3 is 1. The quantitative estimate of drug-likeness (QED) is 0.684. The highest BCUT2D eigenvalue weighted by Gasteiger charge is 2.23. The molecule has 1 aromatic rings. The maximum Gasteiger partial charge on any atom is 0.119 e. The molecular formula is C12H17NO2. The molecule has 0 aromatic heterocycles. The van der Waals surface area contributed by atoms with Crippen molar-refractivity contribution in [2.75, 3.05) is 7.11 Å². The van der Waals surface area contributed by atoms with Gasteiger partial charge >= 0.3 is 0 Å². The SMILES string of the molecule is COc1ccc2c(c1)CCC[C@H](N)[C@H]2O. The van der Waals surface area contributed by atoms with Gasteiger partial charge in [-0.3, -0.25) is 0 Å². The van der Waals surface area contributed by atoms with E-state index in [1.807, 2.05) is 18.2 Å². The number of benzene rings is 1. The molecule has 0 unspecified atom stereocenters. The summed E-state index contributed by atoms with van der Waals surface area (Å²) in [5, 5.41) is 10.0. The summed E-state index contributed by atoms with van der Waals surface area (Å²) in [7, 11) is 1.65. The van der Waals surface area contributed by atoms with Gasteiger partial charge in [0.05, 0.1) is 13.2 Å². The van der Waals surface area contributed by atoms with Gasteiger partial charge < -0.3 is 15.6 Å². The molecule has 1 aromatic carbocycles. The van der Waals surface area contributed by atoms with E-state index < -0.39 is 6.10 Å². The molecule has 2 atom stereocenters. The number of hydrogen-bond acceptors (Lipinski definition) is 3. The number of nitrogens with two attached hydrogens (primary N) is 1. The van der Waals surface area contributed by atoms with Crippen molar-refractivity contribution in [1.82, 2.24) is 0 Å². The van der Waals surface area contributed by atoms with E-state index in [1.54, 1.807) is 7.11 Å². The van der Waals surface area contributed by atoms with Gasteiger partial charge in [0.2, 0.25) is 0 Å². The molecule has 0 saturated carbocycles. The van der Waals surface area contributed by atoms with Crippen LogP contribution in [0.2, 0.25) is 0 Å². The van der Waals surface area contributed by atoms with Crippen molar-refractivity contribution < 1.29 is 9.84 Å². The average molecular weight is 207 g/mol. The fraction of sp³-hybridized carbons (Fsp3) is 0.500. The summed E-state index contributed by atoms with van der Waals surface area (Å²) >= 11 is 0. The third kappa shape index (κ3) is 1.98. The first kappa shape index (κ1) is 10.5. The lowest BCUT2D eigenvalue weighted by Crippen LogP contribution is -2.27. The molecule has 1 aliphatic rings. The van der Waals surface area contributed by atoms with E-state index >= 15 is 0 Å². The largest absolute Gasteiger partial charge is 0.497 e. The first-order valence-corrected chi connectivity index (χ1v) is 5.33. The Hall–Kier alpha value is -1.06. The van der Waals surface area contributed by atoms with Crippen molar-refractivity contribution in [2.45, 2.75) is 31.4 Å². The van der Waals surface area contributed by atoms with Gasteiger partial charge in [-0.05, 0) is 42.5 Å². The Kier molecular flexibility index (Phi) is 2.93. The molecule has 1 aliphatic carbocycles. The lowest BCUT2D eigenvalue weighted by Gasteiger charge is -2.17. The second-order valence-corrected chi connectivity index (χ2v) is 4.07. The van der Waals surface area contributed by atoms with Crippen molar-refractivity contribution in [3.63, 3.8) is 0 Å². The Balaban J connectivity index is 2.39. The topological polar surface area (TPSA) is 55.5 Å². The minimum absolute atomic E-state index is 0.139. The molecule has 0 amide bonds. The predicted molar refractivity (Wildman–Crippen MR) is 58.9 cm³/mol. The van der Waals surface area contributed by atoms with Gasteiger partial charge in [-0.15, -0.1) is 0 Å². The van der Waals surface area contributed by atoms with Crippen LogP contribution in [0, 0.1) is 0 Å². The fourth-order valence-electron chi connectivity index (χ4n) is 2.13. The number of aliphatic hydroxyl groups excluding tert-OH is 1. The van der Waals surface area contributed by atoms with E-state index in [1.165, 1.54) is 0 Å². The van der Waals surface area contributed by atoms with Crippen LogP contribution in [0.5, 0.6) is 5.75 Å². The number of ether oxygens (including phenoxy) is 1. The van der Waals surface area contributed by atoms with Gasteiger partial charge in [0.1, 0.15) is 5.75 Å². The Morgan fingerprint density at radius 3 is 3.00 bits per heavy atom. The van der Waals surface area contributed by atoms with E-state index in [0.717, 1.165) is 36.1 Å². The van der Waals surface area contributed by atoms with Crippen LogP contribution in [0.4, 0.5) is 0 Å². The number of rotatable bonds is 1. The van der Waals surface area contributed by atoms with Crippen molar-refractivity contribution in [3.05, 3.63) is 29.3 Å². The zero-order chi connectivity index (χ0) is 10.8. The summed E-state index contributed by atoms with van der Waals surface area (Å²) in [5.74, 6) is 0.844. The normalized spacial score (nSPS) is 25.5. The molecule has 0 radical (unpaired) electrons. The van der Waals surface area contributed by atoms with Crippen LogP contribution >= 0.6 is 0 Å². The van der Waals surface area contributed by atoms with E-state index in [9.17, 15) is 5.11 Å². The molecule has 0 bridgehead atoms. The smallest absolute Gasteiger partial charge is 0.119 e. The fourth-order valence-corrected chi connectivity index (χ4v) is 2.13. The predicted octanol–water partition coefficient (Wildman–Crippen LogP) is 1.39. The van der Waals surface area contributed by atoms with Crippen LogP contribution in [0.3, 0.4) is 0 Å². The highest BCUT2D eigenvalue weighted by Crippen LogP contribution is 2.30. The maximum absolute atomic E-state index is 10.0. The minimum Gasteiger partial charge on any atom is -0.497 e. The molecule has 0 heterocycles. The molecule has 0 fully saturated rings. The second-order valence-electron chi connectivity index (χ2n) is 4.07. The second kappa shape index (κ2) is 4.21. The number of hydrogen-bond donors (Lipinski definition) is 2. The maximum atomic E-state index is 10.0. The van der Waals surface area contributed by atoms with E-state index in [4.69, 9.17) is 10.5 Å². The zero-order valence-corrected chi connectivity index (χ0v) is 8.94. The average Bonchev–Trinajstić information content (AvgIpc) is 2.40. The Morgan fingerprint density at radius 1 is 1.47 bits per heavy atom. The van der Waals surface area contributed by atoms with Gasteiger partial charge in [-0.25, -0.2) is 0 Å². The lowest BCUT2D eigenvalue weighted by molar-refractivity contribution is 0.144. The van der Waals surface area contributed by atoms with E-state index in [2.05, 4.69) is 0 Å². The summed E-state index contributed by atoms with van der Waals surface area (Å²) in [6.45, 7) is 0. The molecule has 0 saturated heterocycles. The molecular weight excluding hydrogens is 190 g/mol. The van der Waals surface area contributed by atoms with E-state index in [-0.39, 0.29) is 6.04 Å². The van der Waals surface area contributed by atoms with Gasteiger partial charge in [0.15, 0.2) is 0 Å². The molecule has 3 N–H and O–H groups in total. The van der Waals surface area contributed by atoms with Crippen LogP contribution in [0.1, 0.15) is 30.1 Å². The standard InChI is InChI=1S/C12H17NO2/c1-15-9-5-6-10-8(7-9)3-2-4-11(13)12(10)14/h5-7,11-12,14H,2-4,13H2,1H3/t11-,12-/m0/s1. The van der Waals surface area contributed by atoms with Gasteiger partial charge in [0, 0.05) is 6.04 Å². The van der Waals surface area contributed by atoms with Crippen molar-refractivity contribution >= 4 is 0 Å². The third-order valence-corrected chi connectivity index (χ3v) is 3.06. The number of fused-ring (bicyclic) bond motifs is 1. The van der Waals surface area contributed by atoms with Crippen molar-refractivity contribution in [3.8, 4) is 5.75 Å². The van der Waals surface area contributed by atoms with Gasteiger partial charge in [-0.1, -0.05) is 6.07 Å². The Morgan fingerprint density at radius 2 is 2.27 bits per heavy atom. The highest BCUT2D eigenvalue weighted by atomic mass is 16.5. The van der Waals surface area contributed by atoms with Gasteiger partial charge in [0.25, 0.3) is 0 Å². The number of aliphatic hydroxyl groups is 1. The summed E-state index contributed by atoms with van der Waals surface area (Å²) in [6.07, 6.45) is 2.34. The van der Waals surface area contributed by atoms with Crippen LogP contribution in [-0.4, -0.2) is 18.3 Å². The summed E-state index contributed by atoms with van der Waals surface area (Å²) in [4.78, 5) is 0. The molecule has 2 rings (SSSR count). The van der Waals surface area contributed by atoms with Crippen molar-refractivity contribution in [1.29, 1.82) is 0 Å². The molecule has 3 heteroatoms. The molecule has 0 aliphatic heterocycles. The van der Waals surface area contributed by atoms with E-state index in [0.29, 0.717) is 0 Å². The zero-order valence-electron chi connectivity index (χ0n) is 8.94. The monoisotopic (exact) mass is 207 g/mol. The first-order chi connectivity index (χ1) is 7.22. The third-order valence-electron chi connectivity index (χ3n) is 3.06. The van der Waals surface area contributed by atoms with Gasteiger partial charge in [-0.2, -0.15) is 0 Å². The molecule has 15 heavy (non-hydrogen) atoms. The highest BCUT2D eigenvalue weighted by molar-refractivity contribution is 5.38. The minimum atomic E-state index is -0.534. The molecule has 3 nitrogen and oxygen atoms in total. The van der Waals surface area contributed by atoms with Crippen LogP contribution in [-0.2, 0) is 6.42 Å². The molecule has 0 spiro atoms. The summed E-state index contributed by atoms with van der Waals surface area (Å²) in [5.41, 5.74) is 8.00. The summed E-state index contributed by atoms with van der Waals surface area (Å²) in [6, 6.07) is 5.65.